The van der Waals surface area contributed by atoms with Crippen LogP contribution in [0.15, 0.2) is 0 Å². The zero-order valence-electron chi connectivity index (χ0n) is 10.6. The Morgan fingerprint density at radius 2 is 2.11 bits per heavy atom. The van der Waals surface area contributed by atoms with E-state index in [-0.39, 0.29) is 19.0 Å². The Labute approximate surface area is 104 Å². The minimum absolute atomic E-state index is 0.101. The van der Waals surface area contributed by atoms with Gasteiger partial charge in [0.1, 0.15) is 0 Å². The van der Waals surface area contributed by atoms with Gasteiger partial charge < -0.3 is 15.8 Å². The quantitative estimate of drug-likeness (QED) is 0.601. The van der Waals surface area contributed by atoms with E-state index in [0.29, 0.717) is 13.2 Å². The van der Waals surface area contributed by atoms with Crippen LogP contribution in [-0.4, -0.2) is 63.9 Å². The second-order valence-corrected chi connectivity index (χ2v) is 4.01. The Hall–Kier alpha value is -0.860. The van der Waals surface area contributed by atoms with Gasteiger partial charge in [-0.05, 0) is 7.05 Å². The smallest absolute Gasteiger partial charge is 0.383 e. The number of hydrogen-bond acceptors (Lipinski definition) is 4. The molecule has 0 rings (SSSR count). The number of nitrogens with zero attached hydrogens (tertiary/aromatic N) is 1. The van der Waals surface area contributed by atoms with Crippen molar-refractivity contribution in [3.8, 4) is 0 Å². The van der Waals surface area contributed by atoms with Crippen molar-refractivity contribution in [2.75, 3.05) is 46.9 Å². The van der Waals surface area contributed by atoms with Crippen LogP contribution in [0.2, 0.25) is 0 Å². The summed E-state index contributed by atoms with van der Waals surface area (Å²) in [6.07, 6.45) is -4.34. The fraction of sp³-hybridized carbons (Fsp3) is 0.900. The van der Waals surface area contributed by atoms with E-state index in [4.69, 9.17) is 10.5 Å². The second-order valence-electron chi connectivity index (χ2n) is 4.01. The number of hydrogen-bond donors (Lipinski definition) is 2. The first-order valence-electron chi connectivity index (χ1n) is 5.52. The standard InChI is InChI=1S/C10H20F3N3O2/c1-16(6-8(5-14)10(11,12)13)7-9(17)15-3-4-18-2/h8H,3-7,14H2,1-2H3,(H,15,17). The van der Waals surface area contributed by atoms with E-state index < -0.39 is 18.6 Å². The Kier molecular flexibility index (Phi) is 7.88. The number of likely N-dealkylation sites (N-methyl/N-ethyl adjacent to an activating group) is 1. The van der Waals surface area contributed by atoms with Crippen LogP contribution in [0.3, 0.4) is 0 Å². The van der Waals surface area contributed by atoms with Gasteiger partial charge in [-0.25, -0.2) is 0 Å². The number of rotatable bonds is 8. The molecule has 0 aromatic heterocycles. The molecule has 108 valence electrons. The average Bonchev–Trinajstić information content (AvgIpc) is 2.24. The van der Waals surface area contributed by atoms with Crippen molar-refractivity contribution in [2.24, 2.45) is 11.7 Å². The lowest BCUT2D eigenvalue weighted by Crippen LogP contribution is -2.43. The average molecular weight is 271 g/mol. The third-order valence-electron chi connectivity index (χ3n) is 2.32. The number of carbonyl (C=O) groups excluding carboxylic acids is 1. The molecular weight excluding hydrogens is 251 g/mol. The summed E-state index contributed by atoms with van der Waals surface area (Å²) >= 11 is 0. The fourth-order valence-electron chi connectivity index (χ4n) is 1.35. The number of nitrogens with two attached hydrogens (primary N) is 1. The molecule has 5 nitrogen and oxygen atoms in total. The molecule has 0 spiro atoms. The van der Waals surface area contributed by atoms with Crippen LogP contribution in [-0.2, 0) is 9.53 Å². The maximum Gasteiger partial charge on any atom is 0.394 e. The van der Waals surface area contributed by atoms with Crippen LogP contribution >= 0.6 is 0 Å². The molecule has 3 N–H and O–H groups in total. The number of ether oxygens (including phenoxy) is 1. The summed E-state index contributed by atoms with van der Waals surface area (Å²) in [5, 5.41) is 2.53. The molecule has 0 aliphatic carbocycles. The lowest BCUT2D eigenvalue weighted by Gasteiger charge is -2.24. The lowest BCUT2D eigenvalue weighted by atomic mass is 10.1. The SMILES string of the molecule is COCCNC(=O)CN(C)CC(CN)C(F)(F)F. The number of methoxy groups -OCH3 is 1. The van der Waals surface area contributed by atoms with Crippen molar-refractivity contribution < 1.29 is 22.7 Å². The maximum absolute atomic E-state index is 12.4. The Bertz CT molecular complexity index is 249. The van der Waals surface area contributed by atoms with Crippen LogP contribution < -0.4 is 11.1 Å². The highest BCUT2D eigenvalue weighted by atomic mass is 19.4. The molecule has 0 saturated heterocycles. The van der Waals surface area contributed by atoms with Gasteiger partial charge in [-0.1, -0.05) is 0 Å². The Balaban J connectivity index is 4.01. The van der Waals surface area contributed by atoms with Crippen molar-refractivity contribution in [3.63, 3.8) is 0 Å². The Morgan fingerprint density at radius 1 is 1.50 bits per heavy atom. The molecule has 0 saturated carbocycles. The van der Waals surface area contributed by atoms with E-state index in [1.54, 1.807) is 0 Å². The summed E-state index contributed by atoms with van der Waals surface area (Å²) in [4.78, 5) is 12.6. The summed E-state index contributed by atoms with van der Waals surface area (Å²) in [5.41, 5.74) is 5.07. The molecule has 1 unspecified atom stereocenters. The predicted molar refractivity (Wildman–Crippen MR) is 61.0 cm³/mol. The third kappa shape index (κ3) is 7.46. The number of halogens is 3. The molecule has 0 aromatic carbocycles. The molecule has 1 amide bonds. The van der Waals surface area contributed by atoms with Gasteiger partial charge in [0.05, 0.1) is 19.1 Å². The zero-order chi connectivity index (χ0) is 14.2. The van der Waals surface area contributed by atoms with Gasteiger partial charge >= 0.3 is 6.18 Å². The summed E-state index contributed by atoms with van der Waals surface area (Å²) in [6, 6.07) is 0. The van der Waals surface area contributed by atoms with Gasteiger partial charge in [0, 0.05) is 26.7 Å². The van der Waals surface area contributed by atoms with Crippen LogP contribution in [0.4, 0.5) is 13.2 Å². The van der Waals surface area contributed by atoms with Crippen molar-refractivity contribution in [3.05, 3.63) is 0 Å². The second kappa shape index (κ2) is 8.28. The van der Waals surface area contributed by atoms with Gasteiger partial charge in [-0.15, -0.1) is 0 Å². The molecule has 0 fully saturated rings. The van der Waals surface area contributed by atoms with E-state index >= 15 is 0 Å². The summed E-state index contributed by atoms with van der Waals surface area (Å²) < 4.78 is 42.1. The topological polar surface area (TPSA) is 67.6 Å². The highest BCUT2D eigenvalue weighted by Gasteiger charge is 2.39. The summed E-state index contributed by atoms with van der Waals surface area (Å²) in [5.74, 6) is -1.96. The monoisotopic (exact) mass is 271 g/mol. The van der Waals surface area contributed by atoms with Gasteiger partial charge in [-0.3, -0.25) is 9.69 Å². The van der Waals surface area contributed by atoms with Gasteiger partial charge in [0.25, 0.3) is 0 Å². The molecule has 0 radical (unpaired) electrons. The lowest BCUT2D eigenvalue weighted by molar-refractivity contribution is -0.175. The minimum atomic E-state index is -4.34. The molecule has 0 aromatic rings. The molecule has 0 heterocycles. The molecule has 0 aliphatic heterocycles. The highest BCUT2D eigenvalue weighted by molar-refractivity contribution is 5.77. The normalized spacial score (nSPS) is 13.7. The first kappa shape index (κ1) is 17.1. The van der Waals surface area contributed by atoms with Gasteiger partial charge in [-0.2, -0.15) is 13.2 Å². The van der Waals surface area contributed by atoms with Gasteiger partial charge in [0.15, 0.2) is 0 Å². The molecule has 18 heavy (non-hydrogen) atoms. The summed E-state index contributed by atoms with van der Waals surface area (Å²) in [7, 11) is 2.94. The van der Waals surface area contributed by atoms with E-state index in [2.05, 4.69) is 5.32 Å². The van der Waals surface area contributed by atoms with Crippen molar-refractivity contribution >= 4 is 5.91 Å². The van der Waals surface area contributed by atoms with Crippen molar-refractivity contribution in [1.82, 2.24) is 10.2 Å². The first-order valence-corrected chi connectivity index (χ1v) is 5.52. The minimum Gasteiger partial charge on any atom is -0.383 e. The van der Waals surface area contributed by atoms with Gasteiger partial charge in [0.2, 0.25) is 5.91 Å². The highest BCUT2D eigenvalue weighted by Crippen LogP contribution is 2.25. The molecule has 8 heteroatoms. The summed E-state index contributed by atoms with van der Waals surface area (Å²) in [6.45, 7) is -0.181. The maximum atomic E-state index is 12.4. The fourth-order valence-corrected chi connectivity index (χ4v) is 1.35. The molecule has 0 aliphatic rings. The number of nitrogens with one attached hydrogen (secondary N) is 1. The predicted octanol–water partition coefficient (Wildman–Crippen LogP) is -0.182. The largest absolute Gasteiger partial charge is 0.394 e. The van der Waals surface area contributed by atoms with E-state index in [1.807, 2.05) is 0 Å². The van der Waals surface area contributed by atoms with Crippen LogP contribution in [0.5, 0.6) is 0 Å². The zero-order valence-corrected chi connectivity index (χ0v) is 10.6. The van der Waals surface area contributed by atoms with Crippen LogP contribution in [0, 0.1) is 5.92 Å². The van der Waals surface area contributed by atoms with Crippen molar-refractivity contribution in [2.45, 2.75) is 6.18 Å². The Morgan fingerprint density at radius 3 is 2.56 bits per heavy atom. The van der Waals surface area contributed by atoms with E-state index in [9.17, 15) is 18.0 Å². The number of carbonyl (C=O) groups is 1. The van der Waals surface area contributed by atoms with Crippen LogP contribution in [0.25, 0.3) is 0 Å². The van der Waals surface area contributed by atoms with E-state index in [0.717, 1.165) is 0 Å². The number of alkyl halides is 3. The van der Waals surface area contributed by atoms with Crippen molar-refractivity contribution in [1.29, 1.82) is 0 Å². The number of amides is 1. The first-order chi connectivity index (χ1) is 8.31. The molecule has 1 atom stereocenters. The molecular formula is C10H20F3N3O2. The molecule has 0 bridgehead atoms. The third-order valence-corrected chi connectivity index (χ3v) is 2.32. The van der Waals surface area contributed by atoms with Crippen LogP contribution in [0.1, 0.15) is 0 Å². The van der Waals surface area contributed by atoms with E-state index in [1.165, 1.54) is 19.1 Å².